The number of nitrogens with one attached hydrogen (secondary N) is 5. The van der Waals surface area contributed by atoms with Crippen molar-refractivity contribution in [1.82, 2.24) is 26.3 Å². The van der Waals surface area contributed by atoms with Gasteiger partial charge in [-0.1, -0.05) is 35.3 Å². The first-order chi connectivity index (χ1) is 21.8. The van der Waals surface area contributed by atoms with E-state index < -0.39 is 17.7 Å². The molecule has 1 aromatic heterocycles. The Labute approximate surface area is 276 Å². The molecule has 0 unspecified atom stereocenters. The molecule has 1 atom stereocenters. The highest BCUT2D eigenvalue weighted by Gasteiger charge is 2.41. The number of hydrogen-bond acceptors (Lipinski definition) is 8. The van der Waals surface area contributed by atoms with Gasteiger partial charge in [-0.15, -0.1) is 5.53 Å². The van der Waals surface area contributed by atoms with E-state index in [1.165, 1.54) is 30.5 Å². The number of rotatable bonds is 7. The Morgan fingerprint density at radius 3 is 2.37 bits per heavy atom. The monoisotopic (exact) mass is 662 g/mol. The Balaban J connectivity index is 1.38. The van der Waals surface area contributed by atoms with E-state index in [2.05, 4.69) is 70.7 Å². The van der Waals surface area contributed by atoms with Gasteiger partial charge in [0.05, 0.1) is 34.1 Å². The smallest absolute Gasteiger partial charge is 0.151 e. The molecule has 0 radical (unpaired) electrons. The minimum Gasteiger partial charge on any atom is -0.373 e. The maximum absolute atomic E-state index is 15.7. The molecule has 4 aromatic rings. The number of nitriles is 1. The van der Waals surface area contributed by atoms with Crippen molar-refractivity contribution in [2.45, 2.75) is 63.7 Å². The molecule has 2 aliphatic rings. The average molecular weight is 664 g/mol. The fourth-order valence-electron chi connectivity index (χ4n) is 6.60. The molecule has 1 fully saturated rings. The van der Waals surface area contributed by atoms with Gasteiger partial charge in [0.25, 0.3) is 0 Å². The van der Waals surface area contributed by atoms with Crippen LogP contribution >= 0.6 is 23.2 Å². The summed E-state index contributed by atoms with van der Waals surface area (Å²) in [6, 6.07) is 16.6. The first kappa shape index (κ1) is 31.8. The molecule has 3 heterocycles. The lowest BCUT2D eigenvalue weighted by atomic mass is 9.79. The highest BCUT2D eigenvalue weighted by molar-refractivity contribution is 6.31. The van der Waals surface area contributed by atoms with Gasteiger partial charge in [-0.05, 0) is 88.6 Å². The van der Waals surface area contributed by atoms with Crippen LogP contribution in [0.4, 0.5) is 25.8 Å². The number of anilines is 3. The topological polar surface area (TPSA) is 100 Å². The van der Waals surface area contributed by atoms with E-state index in [1.807, 2.05) is 30.5 Å². The van der Waals surface area contributed by atoms with Gasteiger partial charge < -0.3 is 21.4 Å². The molecule has 46 heavy (non-hydrogen) atoms. The van der Waals surface area contributed by atoms with Crippen LogP contribution in [0.25, 0.3) is 10.9 Å². The summed E-state index contributed by atoms with van der Waals surface area (Å²) >= 11 is 12.2. The molecule has 0 spiro atoms. The number of nitrogens with zero attached hydrogens (tertiary/aromatic N) is 3. The largest absolute Gasteiger partial charge is 0.373 e. The van der Waals surface area contributed by atoms with Gasteiger partial charge in [0.2, 0.25) is 0 Å². The van der Waals surface area contributed by atoms with Crippen LogP contribution < -0.4 is 26.9 Å². The van der Waals surface area contributed by atoms with Crippen molar-refractivity contribution in [2.24, 2.45) is 0 Å². The van der Waals surface area contributed by atoms with E-state index >= 15 is 4.39 Å². The van der Waals surface area contributed by atoms with E-state index in [0.717, 1.165) is 24.1 Å². The van der Waals surface area contributed by atoms with Crippen LogP contribution in [-0.2, 0) is 0 Å². The van der Waals surface area contributed by atoms with Crippen LogP contribution in [0.1, 0.15) is 57.7 Å². The summed E-state index contributed by atoms with van der Waals surface area (Å²) in [5.74, 6) is -1.15. The van der Waals surface area contributed by atoms with Crippen molar-refractivity contribution in [3.63, 3.8) is 0 Å². The number of halogens is 4. The number of fused-ring (bicyclic) bond motifs is 1. The van der Waals surface area contributed by atoms with Gasteiger partial charge in [-0.3, -0.25) is 9.99 Å². The van der Waals surface area contributed by atoms with Crippen LogP contribution in [0.15, 0.2) is 72.7 Å². The van der Waals surface area contributed by atoms with Crippen molar-refractivity contribution < 1.29 is 8.78 Å². The SMILES string of the molecule is CC1(C)CC(N2C=C([C@@H](Nc3cc(F)c4ncc(C#N)c(Nc5ccc(F)c(Cl)c5)c4c3)c3ccc(Cl)cc3)NN2)CC(C)(C)N1. The van der Waals surface area contributed by atoms with E-state index in [0.29, 0.717) is 27.5 Å². The van der Waals surface area contributed by atoms with Crippen LogP contribution in [0.2, 0.25) is 10.0 Å². The first-order valence-electron chi connectivity index (χ1n) is 14.9. The van der Waals surface area contributed by atoms with Crippen LogP contribution in [-0.4, -0.2) is 27.1 Å². The third kappa shape index (κ3) is 6.69. The molecule has 0 amide bonds. The predicted octanol–water partition coefficient (Wildman–Crippen LogP) is 8.06. The molecule has 3 aromatic carbocycles. The van der Waals surface area contributed by atoms with E-state index in [9.17, 15) is 9.65 Å². The van der Waals surface area contributed by atoms with Gasteiger partial charge in [0.1, 0.15) is 17.4 Å². The standard InChI is InChI=1S/C34H34Cl2F2N8/c1-33(2)14-24(15-34(3,4)44-33)46-18-29(43-45-46)31(19-5-7-21(35)8-6-19)42-23-11-25-30(41-22-9-10-27(37)26(36)12-22)20(16-39)17-40-32(25)28(38)13-23/h5-13,17-18,24,31,42-45H,14-15H2,1-4H3,(H,40,41)/t31-/m0/s1. The lowest BCUT2D eigenvalue weighted by Gasteiger charge is -2.48. The molecule has 0 bridgehead atoms. The number of hydrogen-bond donors (Lipinski definition) is 5. The van der Waals surface area contributed by atoms with Crippen LogP contribution in [0.3, 0.4) is 0 Å². The number of piperidine rings is 1. The normalized spacial score (nSPS) is 18.1. The van der Waals surface area contributed by atoms with Gasteiger partial charge in [0, 0.05) is 45.3 Å². The molecule has 0 aliphatic carbocycles. The third-order valence-electron chi connectivity index (χ3n) is 8.23. The van der Waals surface area contributed by atoms with Crippen molar-refractivity contribution in [3.8, 4) is 6.07 Å². The molecule has 238 valence electrons. The summed E-state index contributed by atoms with van der Waals surface area (Å²) in [7, 11) is 0. The van der Waals surface area contributed by atoms with Crippen molar-refractivity contribution in [2.75, 3.05) is 10.6 Å². The zero-order valence-electron chi connectivity index (χ0n) is 25.8. The van der Waals surface area contributed by atoms with Crippen molar-refractivity contribution >= 4 is 51.2 Å². The first-order valence-corrected chi connectivity index (χ1v) is 15.6. The zero-order chi connectivity index (χ0) is 32.8. The Morgan fingerprint density at radius 1 is 0.978 bits per heavy atom. The van der Waals surface area contributed by atoms with Gasteiger partial charge in [-0.25, -0.2) is 8.78 Å². The summed E-state index contributed by atoms with van der Waals surface area (Å²) in [5, 5.41) is 23.2. The Kier molecular flexibility index (Phi) is 8.46. The lowest BCUT2D eigenvalue weighted by Crippen LogP contribution is -2.63. The molecular weight excluding hydrogens is 629 g/mol. The average Bonchev–Trinajstić information content (AvgIpc) is 3.47. The third-order valence-corrected chi connectivity index (χ3v) is 8.77. The number of benzene rings is 3. The lowest BCUT2D eigenvalue weighted by molar-refractivity contribution is 0.0671. The van der Waals surface area contributed by atoms with Gasteiger partial charge in [0.15, 0.2) is 5.82 Å². The summed E-state index contributed by atoms with van der Waals surface area (Å²) in [4.78, 5) is 4.22. The Bertz CT molecular complexity index is 1850. The van der Waals surface area contributed by atoms with Gasteiger partial charge >= 0.3 is 0 Å². The fourth-order valence-corrected chi connectivity index (χ4v) is 6.90. The van der Waals surface area contributed by atoms with Crippen LogP contribution in [0, 0.1) is 23.0 Å². The van der Waals surface area contributed by atoms with Crippen molar-refractivity contribution in [1.29, 1.82) is 5.26 Å². The van der Waals surface area contributed by atoms with Gasteiger partial charge in [-0.2, -0.15) is 5.26 Å². The summed E-state index contributed by atoms with van der Waals surface area (Å²) in [6.07, 6.45) is 5.20. The fraction of sp³-hybridized carbons (Fsp3) is 0.294. The number of pyridine rings is 1. The Morgan fingerprint density at radius 2 is 1.70 bits per heavy atom. The second kappa shape index (κ2) is 12.2. The molecule has 8 nitrogen and oxygen atoms in total. The number of hydrazine groups is 2. The second-order valence-corrected chi connectivity index (χ2v) is 13.9. The second-order valence-electron chi connectivity index (χ2n) is 13.1. The molecule has 0 saturated carbocycles. The molecule has 6 rings (SSSR count). The zero-order valence-corrected chi connectivity index (χ0v) is 27.3. The minimum atomic E-state index is -0.577. The van der Waals surface area contributed by atoms with Crippen molar-refractivity contribution in [3.05, 3.63) is 105 Å². The molecule has 2 aliphatic heterocycles. The molecular formula is C34H34Cl2F2N8. The van der Waals surface area contributed by atoms with Crippen LogP contribution in [0.5, 0.6) is 0 Å². The maximum atomic E-state index is 15.7. The summed E-state index contributed by atoms with van der Waals surface area (Å²) in [5.41, 5.74) is 9.73. The van der Waals surface area contributed by atoms with E-state index in [-0.39, 0.29) is 33.2 Å². The van der Waals surface area contributed by atoms with E-state index in [4.69, 9.17) is 23.2 Å². The molecule has 12 heteroatoms. The molecule has 5 N–H and O–H groups in total. The molecule has 1 saturated heterocycles. The highest BCUT2D eigenvalue weighted by atomic mass is 35.5. The highest BCUT2D eigenvalue weighted by Crippen LogP contribution is 2.37. The minimum absolute atomic E-state index is 0.0531. The quantitative estimate of drug-likeness (QED) is 0.136. The Hall–Kier alpha value is -4.14. The predicted molar refractivity (Wildman–Crippen MR) is 179 cm³/mol. The summed E-state index contributed by atoms with van der Waals surface area (Å²) in [6.45, 7) is 8.84. The number of aromatic nitrogens is 1. The van der Waals surface area contributed by atoms with E-state index in [1.54, 1.807) is 6.07 Å². The summed E-state index contributed by atoms with van der Waals surface area (Å²) < 4.78 is 29.5. The maximum Gasteiger partial charge on any atom is 0.151 e.